The summed E-state index contributed by atoms with van der Waals surface area (Å²) in [6, 6.07) is 4.17. The second-order valence-corrected chi connectivity index (χ2v) is 4.98. The molecule has 0 aliphatic heterocycles. The predicted molar refractivity (Wildman–Crippen MR) is 70.5 cm³/mol. The van der Waals surface area contributed by atoms with Gasteiger partial charge in [0.05, 0.1) is 12.1 Å². The quantitative estimate of drug-likeness (QED) is 0.890. The third-order valence-corrected chi connectivity index (χ3v) is 3.38. The van der Waals surface area contributed by atoms with E-state index in [1.54, 1.807) is 19.1 Å². The Kier molecular flexibility index (Phi) is 4.54. The molecule has 0 bridgehead atoms. The molecule has 0 spiro atoms. The van der Waals surface area contributed by atoms with Crippen molar-refractivity contribution >= 4 is 5.91 Å². The van der Waals surface area contributed by atoms with Crippen LogP contribution in [0.3, 0.4) is 0 Å². The van der Waals surface area contributed by atoms with Gasteiger partial charge in [-0.05, 0) is 49.4 Å². The van der Waals surface area contributed by atoms with Crippen molar-refractivity contribution in [3.05, 3.63) is 29.3 Å². The molecule has 1 unspecified atom stereocenters. The maximum Gasteiger partial charge on any atom is 0.387 e. The van der Waals surface area contributed by atoms with Crippen molar-refractivity contribution in [1.82, 2.24) is 5.32 Å². The van der Waals surface area contributed by atoms with Crippen LogP contribution in [0.4, 0.5) is 8.78 Å². The molecule has 1 aliphatic rings. The number of amides is 1. The van der Waals surface area contributed by atoms with E-state index in [-0.39, 0.29) is 17.7 Å². The first-order chi connectivity index (χ1) is 9.47. The smallest absolute Gasteiger partial charge is 0.387 e. The summed E-state index contributed by atoms with van der Waals surface area (Å²) in [5.41, 5.74) is 7.42. The van der Waals surface area contributed by atoms with E-state index in [4.69, 9.17) is 5.73 Å². The Labute approximate surface area is 116 Å². The standard InChI is InChI=1S/C14H18F2N2O2/c1-8(17)13(19)18-12-4-2-3-9-7-10(20-14(15)16)5-6-11(9)12/h5-8,12,14H,2-4,17H2,1H3,(H,18,19)/t8-,12?/m1/s1. The van der Waals surface area contributed by atoms with Gasteiger partial charge in [-0.3, -0.25) is 4.79 Å². The number of fused-ring (bicyclic) bond motifs is 1. The van der Waals surface area contributed by atoms with Gasteiger partial charge >= 0.3 is 6.61 Å². The summed E-state index contributed by atoms with van der Waals surface area (Å²) in [4.78, 5) is 11.7. The van der Waals surface area contributed by atoms with Gasteiger partial charge in [-0.15, -0.1) is 0 Å². The van der Waals surface area contributed by atoms with Crippen LogP contribution >= 0.6 is 0 Å². The van der Waals surface area contributed by atoms with Crippen LogP contribution in [-0.4, -0.2) is 18.6 Å². The largest absolute Gasteiger partial charge is 0.435 e. The number of aryl methyl sites for hydroxylation is 1. The number of ether oxygens (including phenoxy) is 1. The van der Waals surface area contributed by atoms with Gasteiger partial charge in [-0.25, -0.2) is 0 Å². The van der Waals surface area contributed by atoms with Gasteiger partial charge in [-0.1, -0.05) is 6.07 Å². The number of hydrogen-bond acceptors (Lipinski definition) is 3. The Hall–Kier alpha value is -1.69. The van der Waals surface area contributed by atoms with Crippen LogP contribution in [0.2, 0.25) is 0 Å². The zero-order valence-electron chi connectivity index (χ0n) is 11.2. The minimum atomic E-state index is -2.83. The van der Waals surface area contributed by atoms with Crippen molar-refractivity contribution < 1.29 is 18.3 Å². The molecule has 4 nitrogen and oxygen atoms in total. The summed E-state index contributed by atoms with van der Waals surface area (Å²) in [6.45, 7) is -1.20. The second kappa shape index (κ2) is 6.17. The molecule has 0 aromatic heterocycles. The summed E-state index contributed by atoms with van der Waals surface area (Å²) in [5, 5.41) is 2.88. The number of nitrogens with two attached hydrogens (primary N) is 1. The molecule has 0 fully saturated rings. The Bertz CT molecular complexity index is 492. The number of hydrogen-bond donors (Lipinski definition) is 2. The second-order valence-electron chi connectivity index (χ2n) is 4.98. The van der Waals surface area contributed by atoms with Crippen molar-refractivity contribution in [3.63, 3.8) is 0 Å². The van der Waals surface area contributed by atoms with E-state index in [0.717, 1.165) is 30.4 Å². The van der Waals surface area contributed by atoms with Crippen molar-refractivity contribution in [1.29, 1.82) is 0 Å². The van der Waals surface area contributed by atoms with Gasteiger partial charge in [0.1, 0.15) is 5.75 Å². The molecule has 1 aromatic rings. The molecule has 20 heavy (non-hydrogen) atoms. The average molecular weight is 284 g/mol. The van der Waals surface area contributed by atoms with E-state index < -0.39 is 12.7 Å². The molecule has 0 heterocycles. The first-order valence-electron chi connectivity index (χ1n) is 6.61. The van der Waals surface area contributed by atoms with Crippen LogP contribution in [0.1, 0.15) is 36.9 Å². The lowest BCUT2D eigenvalue weighted by molar-refractivity contribution is -0.122. The number of carbonyl (C=O) groups is 1. The Morgan fingerprint density at radius 3 is 2.90 bits per heavy atom. The fraction of sp³-hybridized carbons (Fsp3) is 0.500. The monoisotopic (exact) mass is 284 g/mol. The minimum absolute atomic E-state index is 0.113. The van der Waals surface area contributed by atoms with E-state index in [2.05, 4.69) is 10.1 Å². The number of halogens is 2. The fourth-order valence-corrected chi connectivity index (χ4v) is 2.42. The molecule has 0 radical (unpaired) electrons. The number of carbonyl (C=O) groups excluding carboxylic acids is 1. The number of rotatable bonds is 4. The summed E-state index contributed by atoms with van der Waals surface area (Å²) in [6.07, 6.45) is 2.50. The molecule has 1 amide bonds. The third-order valence-electron chi connectivity index (χ3n) is 3.38. The topological polar surface area (TPSA) is 64.4 Å². The normalized spacial score (nSPS) is 19.4. The highest BCUT2D eigenvalue weighted by Gasteiger charge is 2.23. The highest BCUT2D eigenvalue weighted by molar-refractivity contribution is 5.81. The zero-order chi connectivity index (χ0) is 14.7. The van der Waals surface area contributed by atoms with E-state index in [1.807, 2.05) is 0 Å². The van der Waals surface area contributed by atoms with Gasteiger partial charge < -0.3 is 15.8 Å². The molecule has 2 rings (SSSR count). The van der Waals surface area contributed by atoms with Gasteiger partial charge in [-0.2, -0.15) is 8.78 Å². The van der Waals surface area contributed by atoms with E-state index in [1.165, 1.54) is 6.07 Å². The summed E-state index contributed by atoms with van der Waals surface area (Å²) in [7, 11) is 0. The van der Waals surface area contributed by atoms with Crippen molar-refractivity contribution in [2.24, 2.45) is 5.73 Å². The molecule has 110 valence electrons. The Morgan fingerprint density at radius 2 is 2.25 bits per heavy atom. The molecule has 1 aromatic carbocycles. The SMILES string of the molecule is C[C@@H](N)C(=O)NC1CCCc2cc(OC(F)F)ccc21. The summed E-state index contributed by atoms with van der Waals surface area (Å²) < 4.78 is 28.8. The first-order valence-corrected chi connectivity index (χ1v) is 6.61. The van der Waals surface area contributed by atoms with Crippen LogP contribution < -0.4 is 15.8 Å². The molecule has 3 N–H and O–H groups in total. The van der Waals surface area contributed by atoms with Gasteiger partial charge in [0.2, 0.25) is 5.91 Å². The van der Waals surface area contributed by atoms with Gasteiger partial charge in [0.25, 0.3) is 0 Å². The fourth-order valence-electron chi connectivity index (χ4n) is 2.42. The molecule has 0 saturated carbocycles. The number of benzene rings is 1. The van der Waals surface area contributed by atoms with E-state index >= 15 is 0 Å². The van der Waals surface area contributed by atoms with E-state index in [9.17, 15) is 13.6 Å². The lowest BCUT2D eigenvalue weighted by Gasteiger charge is -2.27. The lowest BCUT2D eigenvalue weighted by atomic mass is 9.87. The van der Waals surface area contributed by atoms with Crippen LogP contribution in [0, 0.1) is 0 Å². The lowest BCUT2D eigenvalue weighted by Crippen LogP contribution is -2.41. The van der Waals surface area contributed by atoms with Crippen molar-refractivity contribution in [2.45, 2.75) is 44.9 Å². The van der Waals surface area contributed by atoms with Crippen LogP contribution in [-0.2, 0) is 11.2 Å². The molecule has 0 saturated heterocycles. The summed E-state index contributed by atoms with van der Waals surface area (Å²) >= 11 is 0. The summed E-state index contributed by atoms with van der Waals surface area (Å²) in [5.74, 6) is -0.0614. The van der Waals surface area contributed by atoms with Crippen molar-refractivity contribution in [2.75, 3.05) is 0 Å². The molecule has 1 aliphatic carbocycles. The third kappa shape index (κ3) is 3.45. The van der Waals surface area contributed by atoms with Crippen LogP contribution in [0.25, 0.3) is 0 Å². The van der Waals surface area contributed by atoms with E-state index in [0.29, 0.717) is 0 Å². The van der Waals surface area contributed by atoms with Crippen LogP contribution in [0.15, 0.2) is 18.2 Å². The zero-order valence-corrected chi connectivity index (χ0v) is 11.2. The molecule has 2 atom stereocenters. The maximum absolute atomic E-state index is 12.2. The Morgan fingerprint density at radius 1 is 1.50 bits per heavy atom. The predicted octanol–water partition coefficient (Wildman–Crippen LogP) is 2.13. The van der Waals surface area contributed by atoms with Gasteiger partial charge in [0, 0.05) is 0 Å². The highest BCUT2D eigenvalue weighted by Crippen LogP contribution is 2.32. The van der Waals surface area contributed by atoms with Crippen molar-refractivity contribution in [3.8, 4) is 5.75 Å². The Balaban J connectivity index is 2.17. The minimum Gasteiger partial charge on any atom is -0.435 e. The van der Waals surface area contributed by atoms with Gasteiger partial charge in [0.15, 0.2) is 0 Å². The first kappa shape index (κ1) is 14.7. The molecule has 6 heteroatoms. The molecular formula is C14H18F2N2O2. The number of nitrogens with one attached hydrogen (secondary N) is 1. The number of alkyl halides is 2. The maximum atomic E-state index is 12.2. The average Bonchev–Trinajstić information content (AvgIpc) is 2.37. The molecular weight excluding hydrogens is 266 g/mol. The van der Waals surface area contributed by atoms with Crippen LogP contribution in [0.5, 0.6) is 5.75 Å². The highest BCUT2D eigenvalue weighted by atomic mass is 19.3.